The highest BCUT2D eigenvalue weighted by Gasteiger charge is 2.30. The third-order valence-electron chi connectivity index (χ3n) is 5.20. The van der Waals surface area contributed by atoms with Gasteiger partial charge in [0, 0.05) is 29.4 Å². The highest BCUT2D eigenvalue weighted by Crippen LogP contribution is 2.30. The van der Waals surface area contributed by atoms with Gasteiger partial charge in [0.15, 0.2) is 0 Å². The van der Waals surface area contributed by atoms with E-state index < -0.39 is 0 Å². The van der Waals surface area contributed by atoms with Crippen molar-refractivity contribution in [1.29, 1.82) is 0 Å². The fraction of sp³-hybridized carbons (Fsp3) is 0.261. The average molecular weight is 440 g/mol. The maximum Gasteiger partial charge on any atom is 0.265 e. The first kappa shape index (κ1) is 20.6. The van der Waals surface area contributed by atoms with Gasteiger partial charge in [-0.1, -0.05) is 41.9 Å². The molecule has 2 aromatic carbocycles. The molecule has 1 aliphatic rings. The monoisotopic (exact) mass is 439 g/mol. The number of anilines is 1. The van der Waals surface area contributed by atoms with Gasteiger partial charge < -0.3 is 10.2 Å². The van der Waals surface area contributed by atoms with E-state index in [0.717, 1.165) is 29.1 Å². The minimum absolute atomic E-state index is 0.0452. The number of likely N-dealkylation sites (tertiary alicyclic amines) is 1. The molecule has 1 fully saturated rings. The van der Waals surface area contributed by atoms with E-state index in [-0.39, 0.29) is 17.7 Å². The minimum Gasteiger partial charge on any atom is -0.337 e. The first-order valence-electron chi connectivity index (χ1n) is 9.90. The van der Waals surface area contributed by atoms with Gasteiger partial charge in [0.25, 0.3) is 5.91 Å². The number of amides is 2. The van der Waals surface area contributed by atoms with Crippen molar-refractivity contribution in [2.45, 2.75) is 19.8 Å². The number of piperidine rings is 1. The zero-order valence-corrected chi connectivity index (χ0v) is 18.2. The summed E-state index contributed by atoms with van der Waals surface area (Å²) < 4.78 is 0. The highest BCUT2D eigenvalue weighted by atomic mass is 35.5. The lowest BCUT2D eigenvalue weighted by Crippen LogP contribution is -2.43. The van der Waals surface area contributed by atoms with Gasteiger partial charge in [0.1, 0.15) is 9.88 Å². The molecule has 1 aromatic heterocycles. The van der Waals surface area contributed by atoms with Crippen LogP contribution in [0.2, 0.25) is 5.02 Å². The quantitative estimate of drug-likeness (QED) is 0.602. The molecule has 1 unspecified atom stereocenters. The minimum atomic E-state index is -0.236. The van der Waals surface area contributed by atoms with Gasteiger partial charge in [-0.15, -0.1) is 11.3 Å². The van der Waals surface area contributed by atoms with Crippen molar-refractivity contribution in [3.63, 3.8) is 0 Å². The molecule has 1 N–H and O–H groups in total. The van der Waals surface area contributed by atoms with Crippen molar-refractivity contribution in [2.75, 3.05) is 18.4 Å². The number of hydrogen-bond donors (Lipinski definition) is 1. The van der Waals surface area contributed by atoms with E-state index in [9.17, 15) is 9.59 Å². The smallest absolute Gasteiger partial charge is 0.265 e. The lowest BCUT2D eigenvalue weighted by atomic mass is 9.96. The van der Waals surface area contributed by atoms with Crippen LogP contribution in [0.3, 0.4) is 0 Å². The van der Waals surface area contributed by atoms with Gasteiger partial charge in [-0.25, -0.2) is 4.98 Å². The Labute approximate surface area is 184 Å². The summed E-state index contributed by atoms with van der Waals surface area (Å²) in [5.74, 6) is -0.350. The molecule has 1 atom stereocenters. The summed E-state index contributed by atoms with van der Waals surface area (Å²) in [6, 6.07) is 16.9. The van der Waals surface area contributed by atoms with Crippen LogP contribution in [0.4, 0.5) is 5.69 Å². The Bertz CT molecular complexity index is 1050. The number of aryl methyl sites for hydroxylation is 1. The number of aromatic nitrogens is 1. The molecule has 7 heteroatoms. The fourth-order valence-corrected chi connectivity index (χ4v) is 4.76. The number of halogens is 1. The lowest BCUT2D eigenvalue weighted by Gasteiger charge is -2.31. The maximum atomic E-state index is 13.2. The number of nitrogens with zero attached hydrogens (tertiary/aromatic N) is 2. The second-order valence-corrected chi connectivity index (χ2v) is 8.82. The van der Waals surface area contributed by atoms with E-state index in [2.05, 4.69) is 10.3 Å². The first-order chi connectivity index (χ1) is 14.5. The van der Waals surface area contributed by atoms with E-state index in [1.165, 1.54) is 11.3 Å². The Hall–Kier alpha value is -2.70. The molecule has 2 amide bonds. The molecule has 1 aliphatic heterocycles. The van der Waals surface area contributed by atoms with Crippen LogP contribution in [0.15, 0.2) is 54.6 Å². The number of rotatable bonds is 4. The Kier molecular flexibility index (Phi) is 6.16. The molecule has 2 heterocycles. The van der Waals surface area contributed by atoms with Crippen molar-refractivity contribution < 1.29 is 9.59 Å². The molecule has 0 radical (unpaired) electrons. The largest absolute Gasteiger partial charge is 0.337 e. The van der Waals surface area contributed by atoms with E-state index in [0.29, 0.717) is 28.7 Å². The Morgan fingerprint density at radius 1 is 1.13 bits per heavy atom. The van der Waals surface area contributed by atoms with Crippen LogP contribution < -0.4 is 5.32 Å². The lowest BCUT2D eigenvalue weighted by molar-refractivity contribution is -0.121. The molecular weight excluding hydrogens is 418 g/mol. The van der Waals surface area contributed by atoms with Crippen molar-refractivity contribution in [2.24, 2.45) is 5.92 Å². The van der Waals surface area contributed by atoms with E-state index in [1.807, 2.05) is 37.3 Å². The molecule has 0 saturated carbocycles. The predicted molar refractivity (Wildman–Crippen MR) is 121 cm³/mol. The average Bonchev–Trinajstić information content (AvgIpc) is 3.17. The predicted octanol–water partition coefficient (Wildman–Crippen LogP) is 5.26. The van der Waals surface area contributed by atoms with Crippen LogP contribution >= 0.6 is 22.9 Å². The molecule has 0 aliphatic carbocycles. The molecule has 4 rings (SSSR count). The van der Waals surface area contributed by atoms with Crippen molar-refractivity contribution in [3.05, 3.63) is 70.2 Å². The third-order valence-corrected chi connectivity index (χ3v) is 6.65. The highest BCUT2D eigenvalue weighted by molar-refractivity contribution is 7.17. The summed E-state index contributed by atoms with van der Waals surface area (Å²) in [6.07, 6.45) is 1.56. The second kappa shape index (κ2) is 8.98. The van der Waals surface area contributed by atoms with Crippen LogP contribution in [0.25, 0.3) is 10.6 Å². The molecular formula is C23H22ClN3O2S. The number of carbonyl (C=O) groups is 2. The first-order valence-corrected chi connectivity index (χ1v) is 11.1. The molecule has 0 spiro atoms. The standard InChI is InChI=1S/C23H22ClN3O2S/c1-15-20(30-22(25-15)16-6-3-2-4-7-16)23(29)27-13-5-8-17(14-27)21(28)26-19-11-9-18(24)10-12-19/h2-4,6-7,9-12,17H,5,8,13-14H2,1H3,(H,26,28). The Morgan fingerprint density at radius 3 is 2.60 bits per heavy atom. The van der Waals surface area contributed by atoms with Crippen molar-refractivity contribution >= 4 is 40.4 Å². The second-order valence-electron chi connectivity index (χ2n) is 7.39. The van der Waals surface area contributed by atoms with Crippen LogP contribution in [0.1, 0.15) is 28.2 Å². The Morgan fingerprint density at radius 2 is 1.87 bits per heavy atom. The number of hydrogen-bond acceptors (Lipinski definition) is 4. The van der Waals surface area contributed by atoms with Crippen molar-refractivity contribution in [1.82, 2.24) is 9.88 Å². The molecule has 30 heavy (non-hydrogen) atoms. The maximum absolute atomic E-state index is 13.2. The summed E-state index contributed by atoms with van der Waals surface area (Å²) >= 11 is 7.31. The number of nitrogens with one attached hydrogen (secondary N) is 1. The Balaban J connectivity index is 1.45. The summed E-state index contributed by atoms with van der Waals surface area (Å²) in [5, 5.41) is 4.39. The van der Waals surface area contributed by atoms with Gasteiger partial charge in [0.05, 0.1) is 11.6 Å². The number of benzene rings is 2. The zero-order chi connectivity index (χ0) is 21.1. The molecule has 154 valence electrons. The molecule has 1 saturated heterocycles. The van der Waals surface area contributed by atoms with Gasteiger partial charge >= 0.3 is 0 Å². The van der Waals surface area contributed by atoms with Crippen molar-refractivity contribution in [3.8, 4) is 10.6 Å². The molecule has 0 bridgehead atoms. The van der Waals surface area contributed by atoms with Crippen LogP contribution in [0, 0.1) is 12.8 Å². The number of thiazole rings is 1. The summed E-state index contributed by atoms with van der Waals surface area (Å²) in [6.45, 7) is 2.93. The van der Waals surface area contributed by atoms with Gasteiger partial charge in [-0.05, 0) is 44.0 Å². The van der Waals surface area contributed by atoms with Crippen LogP contribution in [-0.4, -0.2) is 34.8 Å². The van der Waals surface area contributed by atoms with Gasteiger partial charge in [0.2, 0.25) is 5.91 Å². The van der Waals surface area contributed by atoms with Crippen LogP contribution in [0.5, 0.6) is 0 Å². The SMILES string of the molecule is Cc1nc(-c2ccccc2)sc1C(=O)N1CCCC(C(=O)Nc2ccc(Cl)cc2)C1. The number of carbonyl (C=O) groups excluding carboxylic acids is 2. The summed E-state index contributed by atoms with van der Waals surface area (Å²) in [7, 11) is 0. The topological polar surface area (TPSA) is 62.3 Å². The van der Waals surface area contributed by atoms with E-state index >= 15 is 0 Å². The third kappa shape index (κ3) is 4.55. The fourth-order valence-electron chi connectivity index (χ4n) is 3.60. The van der Waals surface area contributed by atoms with Gasteiger partial charge in [-0.3, -0.25) is 9.59 Å². The van der Waals surface area contributed by atoms with Crippen LogP contribution in [-0.2, 0) is 4.79 Å². The summed E-state index contributed by atoms with van der Waals surface area (Å²) in [5.41, 5.74) is 2.44. The normalized spacial score (nSPS) is 16.3. The summed E-state index contributed by atoms with van der Waals surface area (Å²) in [4.78, 5) is 32.9. The van der Waals surface area contributed by atoms with E-state index in [1.54, 1.807) is 29.2 Å². The van der Waals surface area contributed by atoms with Gasteiger partial charge in [-0.2, -0.15) is 0 Å². The molecule has 5 nitrogen and oxygen atoms in total. The molecule has 3 aromatic rings. The van der Waals surface area contributed by atoms with E-state index in [4.69, 9.17) is 11.6 Å². The zero-order valence-electron chi connectivity index (χ0n) is 16.6.